The molecule has 0 bridgehead atoms. The van der Waals surface area contributed by atoms with Gasteiger partial charge in [0.2, 0.25) is 0 Å². The van der Waals surface area contributed by atoms with E-state index < -0.39 is 11.6 Å². The SMILES string of the molecule is Fc1cnc(NCC2CCCCC2)c(F)c1. The molecular formula is C12H16F2N2. The first kappa shape index (κ1) is 11.3. The second-order valence-corrected chi connectivity index (χ2v) is 4.37. The van der Waals surface area contributed by atoms with Gasteiger partial charge in [0.05, 0.1) is 6.20 Å². The lowest BCUT2D eigenvalue weighted by molar-refractivity contribution is 0.373. The molecule has 1 aliphatic rings. The highest BCUT2D eigenvalue weighted by Crippen LogP contribution is 2.24. The maximum atomic E-state index is 13.2. The van der Waals surface area contributed by atoms with E-state index in [0.717, 1.165) is 18.8 Å². The number of hydrogen-bond acceptors (Lipinski definition) is 2. The predicted molar refractivity (Wildman–Crippen MR) is 59.2 cm³/mol. The number of halogens is 2. The quantitative estimate of drug-likeness (QED) is 0.854. The van der Waals surface area contributed by atoms with Crippen LogP contribution in [0.5, 0.6) is 0 Å². The Morgan fingerprint density at radius 3 is 2.69 bits per heavy atom. The zero-order valence-electron chi connectivity index (χ0n) is 9.18. The molecule has 0 aromatic carbocycles. The molecule has 0 atom stereocenters. The average Bonchev–Trinajstić information content (AvgIpc) is 2.29. The number of nitrogens with zero attached hydrogens (tertiary/aromatic N) is 1. The van der Waals surface area contributed by atoms with Gasteiger partial charge in [0, 0.05) is 12.6 Å². The fourth-order valence-corrected chi connectivity index (χ4v) is 2.18. The maximum absolute atomic E-state index is 13.2. The van der Waals surface area contributed by atoms with Crippen LogP contribution in [-0.2, 0) is 0 Å². The lowest BCUT2D eigenvalue weighted by atomic mass is 9.89. The Labute approximate surface area is 94.1 Å². The molecule has 1 saturated carbocycles. The molecule has 88 valence electrons. The van der Waals surface area contributed by atoms with E-state index in [-0.39, 0.29) is 5.82 Å². The molecule has 16 heavy (non-hydrogen) atoms. The summed E-state index contributed by atoms with van der Waals surface area (Å²) in [5.41, 5.74) is 0. The first-order valence-corrected chi connectivity index (χ1v) is 5.80. The average molecular weight is 226 g/mol. The number of rotatable bonds is 3. The molecule has 0 unspecified atom stereocenters. The highest BCUT2D eigenvalue weighted by atomic mass is 19.1. The summed E-state index contributed by atoms with van der Waals surface area (Å²) in [6.45, 7) is 0.732. The summed E-state index contributed by atoms with van der Waals surface area (Å²) in [5, 5.41) is 2.96. The fraction of sp³-hybridized carbons (Fsp3) is 0.583. The number of nitrogens with one attached hydrogen (secondary N) is 1. The largest absolute Gasteiger partial charge is 0.367 e. The van der Waals surface area contributed by atoms with Crippen molar-refractivity contribution in [2.24, 2.45) is 5.92 Å². The van der Waals surface area contributed by atoms with Crippen molar-refractivity contribution in [3.63, 3.8) is 0 Å². The van der Waals surface area contributed by atoms with Crippen molar-refractivity contribution in [1.29, 1.82) is 0 Å². The molecule has 1 aromatic heterocycles. The number of aromatic nitrogens is 1. The molecule has 0 saturated heterocycles. The first-order chi connectivity index (χ1) is 7.75. The molecular weight excluding hydrogens is 210 g/mol. The van der Waals surface area contributed by atoms with Crippen molar-refractivity contribution >= 4 is 5.82 Å². The third-order valence-corrected chi connectivity index (χ3v) is 3.09. The first-order valence-electron chi connectivity index (χ1n) is 5.80. The van der Waals surface area contributed by atoms with Crippen LogP contribution in [0.15, 0.2) is 12.3 Å². The van der Waals surface area contributed by atoms with E-state index in [1.165, 1.54) is 32.1 Å². The van der Waals surface area contributed by atoms with E-state index in [4.69, 9.17) is 0 Å². The normalized spacial score (nSPS) is 17.4. The van der Waals surface area contributed by atoms with Crippen LogP contribution in [-0.4, -0.2) is 11.5 Å². The van der Waals surface area contributed by atoms with Crippen LogP contribution < -0.4 is 5.32 Å². The van der Waals surface area contributed by atoms with E-state index in [0.29, 0.717) is 5.92 Å². The van der Waals surface area contributed by atoms with Crippen LogP contribution in [0.1, 0.15) is 32.1 Å². The molecule has 2 rings (SSSR count). The zero-order chi connectivity index (χ0) is 11.4. The topological polar surface area (TPSA) is 24.9 Å². The summed E-state index contributed by atoms with van der Waals surface area (Å²) in [7, 11) is 0. The lowest BCUT2D eigenvalue weighted by Crippen LogP contribution is -2.18. The van der Waals surface area contributed by atoms with E-state index in [2.05, 4.69) is 10.3 Å². The van der Waals surface area contributed by atoms with Gasteiger partial charge in [0.15, 0.2) is 11.6 Å². The molecule has 1 aromatic rings. The Hall–Kier alpha value is -1.19. The van der Waals surface area contributed by atoms with Gasteiger partial charge in [-0.3, -0.25) is 0 Å². The minimum absolute atomic E-state index is 0.159. The third-order valence-electron chi connectivity index (χ3n) is 3.09. The van der Waals surface area contributed by atoms with Crippen LogP contribution in [0.2, 0.25) is 0 Å². The van der Waals surface area contributed by atoms with Gasteiger partial charge in [0.1, 0.15) is 5.82 Å². The van der Waals surface area contributed by atoms with Gasteiger partial charge in [-0.25, -0.2) is 13.8 Å². The van der Waals surface area contributed by atoms with Gasteiger partial charge in [0.25, 0.3) is 0 Å². The highest BCUT2D eigenvalue weighted by molar-refractivity contribution is 5.35. The van der Waals surface area contributed by atoms with Gasteiger partial charge in [-0.2, -0.15) is 0 Å². The van der Waals surface area contributed by atoms with Gasteiger partial charge in [-0.1, -0.05) is 19.3 Å². The molecule has 1 aliphatic carbocycles. The smallest absolute Gasteiger partial charge is 0.168 e. The molecule has 2 nitrogen and oxygen atoms in total. The summed E-state index contributed by atoms with van der Waals surface area (Å²) in [6.07, 6.45) is 7.23. The minimum Gasteiger partial charge on any atom is -0.367 e. The summed E-state index contributed by atoms with van der Waals surface area (Å²) < 4.78 is 25.9. The second kappa shape index (κ2) is 5.23. The molecule has 4 heteroatoms. The number of pyridine rings is 1. The molecule has 1 fully saturated rings. The van der Waals surface area contributed by atoms with Crippen LogP contribution in [0, 0.1) is 17.6 Å². The molecule has 0 aliphatic heterocycles. The van der Waals surface area contributed by atoms with Crippen molar-refractivity contribution in [3.05, 3.63) is 23.9 Å². The highest BCUT2D eigenvalue weighted by Gasteiger charge is 2.14. The van der Waals surface area contributed by atoms with Crippen LogP contribution >= 0.6 is 0 Å². The van der Waals surface area contributed by atoms with Gasteiger partial charge in [-0.05, 0) is 18.8 Å². The van der Waals surface area contributed by atoms with Gasteiger partial charge >= 0.3 is 0 Å². The summed E-state index contributed by atoms with van der Waals surface area (Å²) >= 11 is 0. The molecule has 1 heterocycles. The Balaban J connectivity index is 1.88. The van der Waals surface area contributed by atoms with Gasteiger partial charge < -0.3 is 5.32 Å². The van der Waals surface area contributed by atoms with Crippen molar-refractivity contribution in [2.45, 2.75) is 32.1 Å². The van der Waals surface area contributed by atoms with Crippen LogP contribution in [0.4, 0.5) is 14.6 Å². The van der Waals surface area contributed by atoms with Crippen molar-refractivity contribution in [3.8, 4) is 0 Å². The second-order valence-electron chi connectivity index (χ2n) is 4.37. The Morgan fingerprint density at radius 2 is 2.00 bits per heavy atom. The summed E-state index contributed by atoms with van der Waals surface area (Å²) in [4.78, 5) is 3.70. The van der Waals surface area contributed by atoms with E-state index in [9.17, 15) is 8.78 Å². The van der Waals surface area contributed by atoms with Crippen molar-refractivity contribution in [2.75, 3.05) is 11.9 Å². The van der Waals surface area contributed by atoms with Crippen molar-refractivity contribution in [1.82, 2.24) is 4.98 Å². The Kier molecular flexibility index (Phi) is 3.70. The maximum Gasteiger partial charge on any atom is 0.168 e. The third kappa shape index (κ3) is 2.90. The lowest BCUT2D eigenvalue weighted by Gasteiger charge is -2.21. The summed E-state index contributed by atoms with van der Waals surface area (Å²) in [5.74, 6) is -0.497. The standard InChI is InChI=1S/C12H16F2N2/c13-10-6-11(14)12(16-8-10)15-7-9-4-2-1-3-5-9/h6,8-9H,1-5,7H2,(H,15,16). The summed E-state index contributed by atoms with van der Waals surface area (Å²) in [6, 6.07) is 0.857. The van der Waals surface area contributed by atoms with E-state index >= 15 is 0 Å². The van der Waals surface area contributed by atoms with Gasteiger partial charge in [-0.15, -0.1) is 0 Å². The Morgan fingerprint density at radius 1 is 1.25 bits per heavy atom. The molecule has 1 N–H and O–H groups in total. The predicted octanol–water partition coefficient (Wildman–Crippen LogP) is 3.35. The van der Waals surface area contributed by atoms with E-state index in [1.54, 1.807) is 0 Å². The van der Waals surface area contributed by atoms with Crippen molar-refractivity contribution < 1.29 is 8.78 Å². The van der Waals surface area contributed by atoms with Crippen LogP contribution in [0.3, 0.4) is 0 Å². The number of hydrogen-bond donors (Lipinski definition) is 1. The van der Waals surface area contributed by atoms with E-state index in [1.807, 2.05) is 0 Å². The fourth-order valence-electron chi connectivity index (χ4n) is 2.18. The monoisotopic (exact) mass is 226 g/mol. The molecule has 0 amide bonds. The molecule has 0 radical (unpaired) electrons. The number of anilines is 1. The molecule has 0 spiro atoms. The minimum atomic E-state index is -0.638. The Bertz CT molecular complexity index is 349. The zero-order valence-corrected chi connectivity index (χ0v) is 9.18. The van der Waals surface area contributed by atoms with Crippen LogP contribution in [0.25, 0.3) is 0 Å².